The quantitative estimate of drug-likeness (QED) is 0.772. The maximum absolute atomic E-state index is 12.6. The lowest BCUT2D eigenvalue weighted by Gasteiger charge is -2.40. The third-order valence-electron chi connectivity index (χ3n) is 5.90. The molecule has 0 aromatic heterocycles. The number of carbonyl (C=O) groups excluding carboxylic acids is 1. The maximum Gasteiger partial charge on any atom is 0.410 e. The van der Waals surface area contributed by atoms with Gasteiger partial charge in [0.2, 0.25) is 0 Å². The van der Waals surface area contributed by atoms with E-state index in [4.69, 9.17) is 4.74 Å². The molecule has 3 unspecified atom stereocenters. The predicted molar refractivity (Wildman–Crippen MR) is 95.9 cm³/mol. The number of ether oxygens (including phenoxy) is 1. The molecule has 0 aromatic carbocycles. The van der Waals surface area contributed by atoms with Crippen LogP contribution in [0.15, 0.2) is 0 Å². The van der Waals surface area contributed by atoms with Gasteiger partial charge < -0.3 is 14.4 Å². The van der Waals surface area contributed by atoms with Crippen LogP contribution in [0.4, 0.5) is 4.79 Å². The highest BCUT2D eigenvalue weighted by Crippen LogP contribution is 2.49. The molecule has 2 rings (SSSR count). The van der Waals surface area contributed by atoms with Crippen molar-refractivity contribution in [2.45, 2.75) is 90.1 Å². The molecule has 23 heavy (non-hydrogen) atoms. The molecule has 5 heteroatoms. The minimum absolute atomic E-state index is 0.0347. The lowest BCUT2D eigenvalue weighted by Crippen LogP contribution is -2.48. The SMILES string of the molecule is CC(C)(C)OC(=O)N1CC2CC2CC1CCC(C)(C)[Si](C)(C)O. The standard InChI is InChI=1S/C18H35NO3Si/c1-17(2,3)22-16(20)19-12-14-10-13(14)11-15(19)8-9-18(4,5)23(6,7)21/h13-15,21H,8-12H2,1-7H3. The van der Waals surface area contributed by atoms with E-state index in [9.17, 15) is 9.59 Å². The van der Waals surface area contributed by atoms with Gasteiger partial charge in [0.25, 0.3) is 0 Å². The van der Waals surface area contributed by atoms with Crippen LogP contribution in [0.3, 0.4) is 0 Å². The largest absolute Gasteiger partial charge is 0.444 e. The van der Waals surface area contributed by atoms with Crippen molar-refractivity contribution in [3.8, 4) is 0 Å². The van der Waals surface area contributed by atoms with Gasteiger partial charge in [-0.3, -0.25) is 0 Å². The van der Waals surface area contributed by atoms with Crippen molar-refractivity contribution in [3.63, 3.8) is 0 Å². The fraction of sp³-hybridized carbons (Fsp3) is 0.944. The van der Waals surface area contributed by atoms with Gasteiger partial charge in [-0.25, -0.2) is 4.79 Å². The summed E-state index contributed by atoms with van der Waals surface area (Å²) in [5.41, 5.74) is -0.443. The Hall–Kier alpha value is -0.553. The van der Waals surface area contributed by atoms with E-state index in [-0.39, 0.29) is 17.2 Å². The van der Waals surface area contributed by atoms with E-state index in [2.05, 4.69) is 13.8 Å². The molecule has 0 aromatic rings. The topological polar surface area (TPSA) is 49.8 Å². The van der Waals surface area contributed by atoms with E-state index in [0.29, 0.717) is 5.92 Å². The van der Waals surface area contributed by atoms with Crippen LogP contribution in [0, 0.1) is 11.8 Å². The van der Waals surface area contributed by atoms with E-state index >= 15 is 0 Å². The summed E-state index contributed by atoms with van der Waals surface area (Å²) in [6.45, 7) is 15.0. The summed E-state index contributed by atoms with van der Waals surface area (Å²) in [6, 6.07) is 0.268. The van der Waals surface area contributed by atoms with Crippen molar-refractivity contribution in [2.75, 3.05) is 6.54 Å². The van der Waals surface area contributed by atoms with Crippen LogP contribution in [0.25, 0.3) is 0 Å². The van der Waals surface area contributed by atoms with Crippen LogP contribution in [0.2, 0.25) is 18.1 Å². The average molecular weight is 342 g/mol. The number of fused-ring (bicyclic) bond motifs is 1. The van der Waals surface area contributed by atoms with Crippen LogP contribution < -0.4 is 0 Å². The molecule has 3 atom stereocenters. The number of hydrogen-bond acceptors (Lipinski definition) is 3. The number of rotatable bonds is 4. The van der Waals surface area contributed by atoms with Crippen LogP contribution in [-0.4, -0.2) is 42.3 Å². The number of nitrogens with zero attached hydrogens (tertiary/aromatic N) is 1. The third kappa shape index (κ3) is 4.72. The van der Waals surface area contributed by atoms with E-state index in [1.165, 1.54) is 6.42 Å². The number of hydrogen-bond donors (Lipinski definition) is 1. The van der Waals surface area contributed by atoms with E-state index < -0.39 is 13.9 Å². The summed E-state index contributed by atoms with van der Waals surface area (Å²) >= 11 is 0. The number of piperidine rings is 1. The summed E-state index contributed by atoms with van der Waals surface area (Å²) in [6.07, 6.45) is 4.13. The van der Waals surface area contributed by atoms with Crippen LogP contribution in [-0.2, 0) is 4.74 Å². The van der Waals surface area contributed by atoms with Gasteiger partial charge in [-0.1, -0.05) is 13.8 Å². The molecule has 2 fully saturated rings. The molecule has 1 saturated heterocycles. The van der Waals surface area contributed by atoms with Gasteiger partial charge in [0.15, 0.2) is 8.32 Å². The number of likely N-dealkylation sites (tertiary alicyclic amines) is 1. The Morgan fingerprint density at radius 1 is 1.17 bits per heavy atom. The van der Waals surface area contributed by atoms with Gasteiger partial charge in [-0.15, -0.1) is 0 Å². The first-order valence-electron chi connectivity index (χ1n) is 9.02. The highest BCUT2D eigenvalue weighted by atomic mass is 28.4. The van der Waals surface area contributed by atoms with Crippen LogP contribution in [0.1, 0.15) is 60.3 Å². The summed E-state index contributed by atoms with van der Waals surface area (Å²) in [4.78, 5) is 25.0. The summed E-state index contributed by atoms with van der Waals surface area (Å²) < 4.78 is 5.62. The number of carbonyl (C=O) groups is 1. The summed E-state index contributed by atoms with van der Waals surface area (Å²) in [7, 11) is -2.20. The minimum Gasteiger partial charge on any atom is -0.444 e. The first kappa shape index (κ1) is 18.8. The molecule has 1 aliphatic carbocycles. The molecule has 2 aliphatic rings. The van der Waals surface area contributed by atoms with Gasteiger partial charge in [0.1, 0.15) is 5.60 Å². The highest BCUT2D eigenvalue weighted by molar-refractivity contribution is 6.72. The molecule has 0 bridgehead atoms. The molecule has 0 spiro atoms. The fourth-order valence-corrected chi connectivity index (χ4v) is 4.11. The third-order valence-corrected chi connectivity index (χ3v) is 9.47. The van der Waals surface area contributed by atoms with E-state index in [1.54, 1.807) is 0 Å². The summed E-state index contributed by atoms with van der Waals surface area (Å²) in [5, 5.41) is -0.0347. The van der Waals surface area contributed by atoms with E-state index in [0.717, 1.165) is 31.7 Å². The molecule has 1 N–H and O–H groups in total. The Balaban J connectivity index is 2.01. The summed E-state index contributed by atoms with van der Waals surface area (Å²) in [5.74, 6) is 1.50. The van der Waals surface area contributed by atoms with E-state index in [1.807, 2.05) is 38.8 Å². The normalized spacial score (nSPS) is 28.3. The smallest absolute Gasteiger partial charge is 0.410 e. The first-order valence-corrected chi connectivity index (χ1v) is 12.0. The molecule has 1 amide bonds. The Morgan fingerprint density at radius 2 is 1.78 bits per heavy atom. The van der Waals surface area contributed by atoms with Crippen LogP contribution >= 0.6 is 0 Å². The first-order chi connectivity index (χ1) is 10.3. The molecular weight excluding hydrogens is 306 g/mol. The van der Waals surface area contributed by atoms with Gasteiger partial charge in [0, 0.05) is 12.6 Å². The van der Waals surface area contributed by atoms with Gasteiger partial charge in [-0.2, -0.15) is 0 Å². The second-order valence-electron chi connectivity index (χ2n) is 9.76. The van der Waals surface area contributed by atoms with Crippen molar-refractivity contribution in [1.29, 1.82) is 0 Å². The second kappa shape index (κ2) is 6.07. The predicted octanol–water partition coefficient (Wildman–Crippen LogP) is 4.39. The zero-order valence-corrected chi connectivity index (χ0v) is 17.0. The molecule has 134 valence electrons. The van der Waals surface area contributed by atoms with Crippen molar-refractivity contribution >= 4 is 14.4 Å². The second-order valence-corrected chi connectivity index (χ2v) is 14.2. The van der Waals surface area contributed by atoms with Crippen molar-refractivity contribution in [1.82, 2.24) is 4.90 Å². The highest BCUT2D eigenvalue weighted by Gasteiger charge is 2.48. The fourth-order valence-electron chi connectivity index (χ4n) is 3.35. The zero-order valence-electron chi connectivity index (χ0n) is 16.0. The Labute approximate surface area is 142 Å². The molecule has 4 nitrogen and oxygen atoms in total. The molecule has 0 radical (unpaired) electrons. The zero-order chi connectivity index (χ0) is 17.6. The van der Waals surface area contributed by atoms with Gasteiger partial charge >= 0.3 is 6.09 Å². The van der Waals surface area contributed by atoms with Crippen molar-refractivity contribution in [3.05, 3.63) is 0 Å². The minimum atomic E-state index is -2.20. The van der Waals surface area contributed by atoms with Crippen molar-refractivity contribution in [2.24, 2.45) is 11.8 Å². The molecule has 1 heterocycles. The van der Waals surface area contributed by atoms with Gasteiger partial charge in [0.05, 0.1) is 0 Å². The molecule has 1 saturated carbocycles. The monoisotopic (exact) mass is 341 g/mol. The van der Waals surface area contributed by atoms with Gasteiger partial charge in [-0.05, 0) is 76.4 Å². The van der Waals surface area contributed by atoms with Crippen molar-refractivity contribution < 1.29 is 14.3 Å². The average Bonchev–Trinajstić information content (AvgIpc) is 3.09. The maximum atomic E-state index is 12.6. The lowest BCUT2D eigenvalue weighted by molar-refractivity contribution is 0.00704. The molecule has 1 aliphatic heterocycles. The molecular formula is C18H35NO3Si. The number of amides is 1. The Kier molecular flexibility index (Phi) is 4.95. The lowest BCUT2D eigenvalue weighted by atomic mass is 9.94. The Bertz CT molecular complexity index is 450. The Morgan fingerprint density at radius 3 is 2.30 bits per heavy atom. The van der Waals surface area contributed by atoms with Crippen LogP contribution in [0.5, 0.6) is 0 Å².